The Bertz CT molecular complexity index is 1060. The molecule has 1 N–H and O–H groups in total. The Hall–Kier alpha value is -3.43. The summed E-state index contributed by atoms with van der Waals surface area (Å²) in [5.41, 5.74) is 1.18. The molecule has 1 saturated heterocycles. The number of hydrazone groups is 1. The Morgan fingerprint density at radius 3 is 2.61 bits per heavy atom. The molecule has 8 nitrogen and oxygen atoms in total. The van der Waals surface area contributed by atoms with Crippen molar-refractivity contribution in [3.8, 4) is 0 Å². The van der Waals surface area contributed by atoms with Crippen LogP contribution in [0.4, 0.5) is 20.5 Å². The molecule has 1 unspecified atom stereocenters. The number of hydrogen-bond acceptors (Lipinski definition) is 6. The molecule has 0 bridgehead atoms. The van der Waals surface area contributed by atoms with Crippen molar-refractivity contribution >= 4 is 29.8 Å². The standard InChI is InChI=1S/C21H20F2N6O2/c22-15-7-13(8-16(23)10-15)17-1-4-25-29(17)20(31)12-2-5-28(6-3-12)21-24-11-14-9-18(30)26-19(14)27-21/h4,7-8,10-12,17H,1-3,5-6,9H2,(H,24,26,27,30). The smallest absolute Gasteiger partial charge is 0.246 e. The van der Waals surface area contributed by atoms with Crippen molar-refractivity contribution in [1.29, 1.82) is 0 Å². The number of nitrogens with one attached hydrogen (secondary N) is 1. The number of anilines is 2. The highest BCUT2D eigenvalue weighted by Gasteiger charge is 2.35. The van der Waals surface area contributed by atoms with E-state index in [1.54, 1.807) is 12.4 Å². The molecule has 1 atom stereocenters. The number of amides is 2. The fourth-order valence-corrected chi connectivity index (χ4v) is 4.32. The molecule has 10 heteroatoms. The molecular weight excluding hydrogens is 406 g/mol. The number of hydrogen-bond donors (Lipinski definition) is 1. The first-order chi connectivity index (χ1) is 15.0. The van der Waals surface area contributed by atoms with Gasteiger partial charge in [0.05, 0.1) is 12.5 Å². The van der Waals surface area contributed by atoms with Gasteiger partial charge in [0.2, 0.25) is 17.8 Å². The van der Waals surface area contributed by atoms with Gasteiger partial charge in [-0.15, -0.1) is 0 Å². The molecule has 1 fully saturated rings. The number of nitrogens with zero attached hydrogens (tertiary/aromatic N) is 5. The maximum atomic E-state index is 13.6. The van der Waals surface area contributed by atoms with E-state index in [-0.39, 0.29) is 17.7 Å². The predicted molar refractivity (Wildman–Crippen MR) is 108 cm³/mol. The number of aromatic nitrogens is 2. The summed E-state index contributed by atoms with van der Waals surface area (Å²) in [6, 6.07) is 2.80. The summed E-state index contributed by atoms with van der Waals surface area (Å²) >= 11 is 0. The Kier molecular flexibility index (Phi) is 4.84. The SMILES string of the molecule is O=C1Cc2cnc(N3CCC(C(=O)N4N=CCC4c4cc(F)cc(F)c4)CC3)nc2N1. The molecule has 3 aliphatic rings. The molecule has 0 aliphatic carbocycles. The van der Waals surface area contributed by atoms with E-state index < -0.39 is 17.7 Å². The number of piperidine rings is 1. The van der Waals surface area contributed by atoms with E-state index in [0.29, 0.717) is 56.1 Å². The Morgan fingerprint density at radius 1 is 1.13 bits per heavy atom. The second kappa shape index (κ2) is 7.68. The Morgan fingerprint density at radius 2 is 1.87 bits per heavy atom. The van der Waals surface area contributed by atoms with Crippen LogP contribution in [-0.4, -0.2) is 46.1 Å². The van der Waals surface area contributed by atoms with Gasteiger partial charge in [-0.2, -0.15) is 10.1 Å². The van der Waals surface area contributed by atoms with Gasteiger partial charge in [0, 0.05) is 49.5 Å². The third-order valence-corrected chi connectivity index (χ3v) is 5.91. The number of carbonyl (C=O) groups is 2. The van der Waals surface area contributed by atoms with Crippen LogP contribution in [0.15, 0.2) is 29.5 Å². The van der Waals surface area contributed by atoms with Crippen LogP contribution < -0.4 is 10.2 Å². The molecular formula is C21H20F2N6O2. The van der Waals surface area contributed by atoms with Crippen LogP contribution >= 0.6 is 0 Å². The van der Waals surface area contributed by atoms with Crippen molar-refractivity contribution in [3.63, 3.8) is 0 Å². The molecule has 160 valence electrons. The zero-order valence-corrected chi connectivity index (χ0v) is 16.6. The van der Waals surface area contributed by atoms with Gasteiger partial charge < -0.3 is 10.2 Å². The molecule has 5 rings (SSSR count). The Labute approximate surface area is 177 Å². The lowest BCUT2D eigenvalue weighted by atomic mass is 9.94. The maximum absolute atomic E-state index is 13.6. The molecule has 31 heavy (non-hydrogen) atoms. The third-order valence-electron chi connectivity index (χ3n) is 5.91. The van der Waals surface area contributed by atoms with Crippen LogP contribution in [0, 0.1) is 17.6 Å². The second-order valence-electron chi connectivity index (χ2n) is 7.97. The van der Waals surface area contributed by atoms with Crippen molar-refractivity contribution in [1.82, 2.24) is 15.0 Å². The van der Waals surface area contributed by atoms with E-state index in [1.165, 1.54) is 17.1 Å². The minimum absolute atomic E-state index is 0.0929. The summed E-state index contributed by atoms with van der Waals surface area (Å²) in [7, 11) is 0. The first kappa shape index (κ1) is 19.5. The summed E-state index contributed by atoms with van der Waals surface area (Å²) in [4.78, 5) is 35.4. The van der Waals surface area contributed by atoms with Crippen molar-refractivity contribution in [2.75, 3.05) is 23.3 Å². The van der Waals surface area contributed by atoms with Crippen LogP contribution in [0.25, 0.3) is 0 Å². The zero-order chi connectivity index (χ0) is 21.5. The maximum Gasteiger partial charge on any atom is 0.246 e. The van der Waals surface area contributed by atoms with E-state index >= 15 is 0 Å². The topological polar surface area (TPSA) is 90.8 Å². The average Bonchev–Trinajstić information content (AvgIpc) is 3.38. The summed E-state index contributed by atoms with van der Waals surface area (Å²) in [5, 5.41) is 8.27. The van der Waals surface area contributed by atoms with Crippen molar-refractivity contribution < 1.29 is 18.4 Å². The normalized spacial score (nSPS) is 20.8. The molecule has 0 radical (unpaired) electrons. The highest BCUT2D eigenvalue weighted by Crippen LogP contribution is 2.33. The van der Waals surface area contributed by atoms with E-state index in [1.807, 2.05) is 4.90 Å². The number of carbonyl (C=O) groups excluding carboxylic acids is 2. The van der Waals surface area contributed by atoms with Crippen molar-refractivity contribution in [3.05, 3.63) is 47.2 Å². The molecule has 2 amide bonds. The average molecular weight is 426 g/mol. The lowest BCUT2D eigenvalue weighted by Gasteiger charge is -2.33. The van der Waals surface area contributed by atoms with E-state index in [0.717, 1.165) is 11.6 Å². The molecule has 3 aliphatic heterocycles. The molecule has 0 spiro atoms. The van der Waals surface area contributed by atoms with Gasteiger partial charge in [-0.1, -0.05) is 0 Å². The lowest BCUT2D eigenvalue weighted by molar-refractivity contribution is -0.138. The van der Waals surface area contributed by atoms with Crippen LogP contribution in [0.1, 0.15) is 36.4 Å². The van der Waals surface area contributed by atoms with E-state index in [4.69, 9.17) is 0 Å². The summed E-state index contributed by atoms with van der Waals surface area (Å²) < 4.78 is 27.3. The number of fused-ring (bicyclic) bond motifs is 1. The van der Waals surface area contributed by atoms with Crippen LogP contribution in [-0.2, 0) is 16.0 Å². The molecule has 1 aromatic heterocycles. The largest absolute Gasteiger partial charge is 0.341 e. The molecule has 4 heterocycles. The highest BCUT2D eigenvalue weighted by atomic mass is 19.1. The number of rotatable bonds is 3. The van der Waals surface area contributed by atoms with Gasteiger partial charge in [0.15, 0.2) is 0 Å². The van der Waals surface area contributed by atoms with Crippen LogP contribution in [0.3, 0.4) is 0 Å². The second-order valence-corrected chi connectivity index (χ2v) is 7.97. The summed E-state index contributed by atoms with van der Waals surface area (Å²) in [6.45, 7) is 1.17. The quantitative estimate of drug-likeness (QED) is 0.814. The minimum atomic E-state index is -0.673. The number of halogens is 2. The van der Waals surface area contributed by atoms with Crippen molar-refractivity contribution in [2.24, 2.45) is 11.0 Å². The molecule has 0 saturated carbocycles. The highest BCUT2D eigenvalue weighted by molar-refractivity contribution is 5.97. The van der Waals surface area contributed by atoms with Gasteiger partial charge in [0.25, 0.3) is 0 Å². The van der Waals surface area contributed by atoms with Gasteiger partial charge in [-0.3, -0.25) is 9.59 Å². The van der Waals surface area contributed by atoms with Crippen LogP contribution in [0.5, 0.6) is 0 Å². The van der Waals surface area contributed by atoms with E-state index in [9.17, 15) is 18.4 Å². The minimum Gasteiger partial charge on any atom is -0.341 e. The van der Waals surface area contributed by atoms with Gasteiger partial charge in [-0.25, -0.2) is 18.8 Å². The van der Waals surface area contributed by atoms with Gasteiger partial charge >= 0.3 is 0 Å². The fraction of sp³-hybridized carbons (Fsp3) is 0.381. The molecule has 2 aromatic rings. The Balaban J connectivity index is 1.25. The van der Waals surface area contributed by atoms with Gasteiger partial charge in [0.1, 0.15) is 17.5 Å². The van der Waals surface area contributed by atoms with E-state index in [2.05, 4.69) is 20.4 Å². The van der Waals surface area contributed by atoms with Crippen LogP contribution in [0.2, 0.25) is 0 Å². The first-order valence-corrected chi connectivity index (χ1v) is 10.2. The first-order valence-electron chi connectivity index (χ1n) is 10.2. The lowest BCUT2D eigenvalue weighted by Crippen LogP contribution is -2.41. The third kappa shape index (κ3) is 3.73. The van der Waals surface area contributed by atoms with Gasteiger partial charge in [-0.05, 0) is 30.5 Å². The summed E-state index contributed by atoms with van der Waals surface area (Å²) in [6.07, 6.45) is 5.15. The summed E-state index contributed by atoms with van der Waals surface area (Å²) in [5.74, 6) is -0.762. The number of benzene rings is 1. The molecule has 1 aromatic carbocycles. The fourth-order valence-electron chi connectivity index (χ4n) is 4.32. The predicted octanol–water partition coefficient (Wildman–Crippen LogP) is 2.43. The monoisotopic (exact) mass is 426 g/mol. The zero-order valence-electron chi connectivity index (χ0n) is 16.6. The van der Waals surface area contributed by atoms with Crippen molar-refractivity contribution in [2.45, 2.75) is 31.7 Å².